The number of carbonyl (C=O) groups excluding carboxylic acids is 1. The number of para-hydroxylation sites is 1. The second-order valence-electron chi connectivity index (χ2n) is 3.67. The van der Waals surface area contributed by atoms with E-state index in [1.165, 1.54) is 5.56 Å². The summed E-state index contributed by atoms with van der Waals surface area (Å²) >= 11 is 0. The third kappa shape index (κ3) is 1.96. The van der Waals surface area contributed by atoms with Gasteiger partial charge in [-0.3, -0.25) is 0 Å². The Bertz CT molecular complexity index is 363. The van der Waals surface area contributed by atoms with Gasteiger partial charge in [-0.2, -0.15) is 0 Å². The molecule has 0 aliphatic carbocycles. The number of hydrogen-bond acceptors (Lipinski definition) is 3. The molecule has 3 nitrogen and oxygen atoms in total. The average Bonchev–Trinajstić information content (AvgIpc) is 2.62. The first-order valence-electron chi connectivity index (χ1n) is 5.30. The van der Waals surface area contributed by atoms with E-state index < -0.39 is 0 Å². The fraction of sp³-hybridized carbons (Fsp3) is 0.417. The first kappa shape index (κ1) is 10.0. The molecule has 0 amide bonds. The summed E-state index contributed by atoms with van der Waals surface area (Å²) in [6.45, 7) is 2.63. The van der Waals surface area contributed by atoms with E-state index in [2.05, 4.69) is 11.4 Å². The van der Waals surface area contributed by atoms with E-state index in [0.717, 1.165) is 24.1 Å². The van der Waals surface area contributed by atoms with E-state index in [1.54, 1.807) is 0 Å². The van der Waals surface area contributed by atoms with Gasteiger partial charge in [-0.05, 0) is 25.0 Å². The molecule has 1 aromatic rings. The van der Waals surface area contributed by atoms with Gasteiger partial charge in [-0.15, -0.1) is 0 Å². The van der Waals surface area contributed by atoms with Gasteiger partial charge in [0.2, 0.25) is 0 Å². The van der Waals surface area contributed by atoms with Gasteiger partial charge in [-0.25, -0.2) is 0 Å². The van der Waals surface area contributed by atoms with Crippen LogP contribution in [0, 0.1) is 0 Å². The molecule has 1 atom stereocenters. The zero-order chi connectivity index (χ0) is 10.7. The summed E-state index contributed by atoms with van der Waals surface area (Å²) < 4.78 is 5.52. The standard InChI is InChI=1S/C12H15NO2/c1-2-15-11-5-3-4-9-8-10(6-7-14)13-12(9)11/h3-5,7,10,13H,2,6,8H2,1H3. The maximum absolute atomic E-state index is 10.5. The molecule has 1 heterocycles. The third-order valence-corrected chi connectivity index (χ3v) is 2.61. The molecule has 80 valence electrons. The minimum absolute atomic E-state index is 0.235. The number of carbonyl (C=O) groups is 1. The molecule has 1 aliphatic heterocycles. The highest BCUT2D eigenvalue weighted by molar-refractivity contribution is 5.67. The van der Waals surface area contributed by atoms with Crippen molar-refractivity contribution in [3.05, 3.63) is 23.8 Å². The molecule has 2 rings (SSSR count). The Labute approximate surface area is 89.4 Å². The number of benzene rings is 1. The van der Waals surface area contributed by atoms with Gasteiger partial charge in [0.1, 0.15) is 12.0 Å². The Kier molecular flexibility index (Phi) is 2.90. The van der Waals surface area contributed by atoms with Gasteiger partial charge in [-0.1, -0.05) is 12.1 Å². The number of aldehydes is 1. The minimum Gasteiger partial charge on any atom is -0.492 e. The Balaban J connectivity index is 2.20. The summed E-state index contributed by atoms with van der Waals surface area (Å²) in [6, 6.07) is 6.27. The molecule has 0 saturated carbocycles. The number of fused-ring (bicyclic) bond motifs is 1. The summed E-state index contributed by atoms with van der Waals surface area (Å²) in [6.07, 6.45) is 2.43. The number of nitrogens with one attached hydrogen (secondary N) is 1. The van der Waals surface area contributed by atoms with E-state index in [4.69, 9.17) is 4.74 Å². The lowest BCUT2D eigenvalue weighted by atomic mass is 10.1. The molecule has 0 bridgehead atoms. The van der Waals surface area contributed by atoms with Gasteiger partial charge in [0.25, 0.3) is 0 Å². The van der Waals surface area contributed by atoms with Crippen LogP contribution >= 0.6 is 0 Å². The van der Waals surface area contributed by atoms with Gasteiger partial charge in [0.15, 0.2) is 0 Å². The molecule has 0 aromatic heterocycles. The van der Waals surface area contributed by atoms with Gasteiger partial charge in [0.05, 0.1) is 12.3 Å². The molecule has 1 aliphatic rings. The van der Waals surface area contributed by atoms with Crippen molar-refractivity contribution in [1.82, 2.24) is 0 Å². The number of hydrogen-bond donors (Lipinski definition) is 1. The fourth-order valence-corrected chi connectivity index (χ4v) is 1.97. The van der Waals surface area contributed by atoms with E-state index in [1.807, 2.05) is 19.1 Å². The molecule has 0 spiro atoms. The lowest BCUT2D eigenvalue weighted by Crippen LogP contribution is -2.15. The quantitative estimate of drug-likeness (QED) is 0.764. The van der Waals surface area contributed by atoms with Crippen molar-refractivity contribution in [2.75, 3.05) is 11.9 Å². The summed E-state index contributed by atoms with van der Waals surface area (Å²) in [5.41, 5.74) is 2.30. The Morgan fingerprint density at radius 3 is 3.20 bits per heavy atom. The molecular formula is C12H15NO2. The second-order valence-corrected chi connectivity index (χ2v) is 3.67. The van der Waals surface area contributed by atoms with Crippen molar-refractivity contribution in [2.24, 2.45) is 0 Å². The van der Waals surface area contributed by atoms with Crippen LogP contribution in [0.5, 0.6) is 5.75 Å². The van der Waals surface area contributed by atoms with Crippen LogP contribution in [-0.2, 0) is 11.2 Å². The van der Waals surface area contributed by atoms with Crippen LogP contribution in [0.25, 0.3) is 0 Å². The SMILES string of the molecule is CCOc1cccc2c1NC(CC=O)C2. The van der Waals surface area contributed by atoms with E-state index >= 15 is 0 Å². The summed E-state index contributed by atoms with van der Waals surface area (Å²) in [7, 11) is 0. The Morgan fingerprint density at radius 2 is 2.47 bits per heavy atom. The molecule has 0 fully saturated rings. The molecule has 1 N–H and O–H groups in total. The third-order valence-electron chi connectivity index (χ3n) is 2.61. The zero-order valence-electron chi connectivity index (χ0n) is 8.82. The Hall–Kier alpha value is -1.51. The van der Waals surface area contributed by atoms with Crippen LogP contribution in [0.3, 0.4) is 0 Å². The lowest BCUT2D eigenvalue weighted by Gasteiger charge is -2.10. The van der Waals surface area contributed by atoms with Crippen molar-refractivity contribution >= 4 is 12.0 Å². The number of rotatable bonds is 4. The normalized spacial score (nSPS) is 18.1. The zero-order valence-corrected chi connectivity index (χ0v) is 8.82. The Morgan fingerprint density at radius 1 is 1.60 bits per heavy atom. The molecule has 1 aromatic carbocycles. The van der Waals surface area contributed by atoms with Crippen molar-refractivity contribution in [3.8, 4) is 5.75 Å². The average molecular weight is 205 g/mol. The van der Waals surface area contributed by atoms with E-state index in [0.29, 0.717) is 13.0 Å². The highest BCUT2D eigenvalue weighted by Gasteiger charge is 2.22. The molecule has 15 heavy (non-hydrogen) atoms. The fourth-order valence-electron chi connectivity index (χ4n) is 1.97. The first-order chi connectivity index (χ1) is 7.35. The smallest absolute Gasteiger partial charge is 0.142 e. The molecule has 1 unspecified atom stereocenters. The maximum atomic E-state index is 10.5. The summed E-state index contributed by atoms with van der Waals surface area (Å²) in [5.74, 6) is 0.892. The van der Waals surface area contributed by atoms with Gasteiger partial charge < -0.3 is 14.8 Å². The topological polar surface area (TPSA) is 38.3 Å². The largest absolute Gasteiger partial charge is 0.492 e. The molecular weight excluding hydrogens is 190 g/mol. The lowest BCUT2D eigenvalue weighted by molar-refractivity contribution is -0.108. The predicted octanol–water partition coefficient (Wildman–Crippen LogP) is 2.01. The highest BCUT2D eigenvalue weighted by atomic mass is 16.5. The first-order valence-corrected chi connectivity index (χ1v) is 5.30. The van der Waals surface area contributed by atoms with Crippen LogP contribution in [-0.4, -0.2) is 18.9 Å². The maximum Gasteiger partial charge on any atom is 0.142 e. The molecule has 0 radical (unpaired) electrons. The van der Waals surface area contributed by atoms with Crippen molar-refractivity contribution in [1.29, 1.82) is 0 Å². The molecule has 3 heteroatoms. The van der Waals surface area contributed by atoms with Gasteiger partial charge in [0, 0.05) is 12.5 Å². The van der Waals surface area contributed by atoms with Crippen molar-refractivity contribution < 1.29 is 9.53 Å². The number of ether oxygens (including phenoxy) is 1. The molecule has 0 saturated heterocycles. The van der Waals surface area contributed by atoms with E-state index in [-0.39, 0.29) is 6.04 Å². The minimum atomic E-state index is 0.235. The highest BCUT2D eigenvalue weighted by Crippen LogP contribution is 2.35. The van der Waals surface area contributed by atoms with Crippen LogP contribution in [0.4, 0.5) is 5.69 Å². The summed E-state index contributed by atoms with van der Waals surface area (Å²) in [4.78, 5) is 10.5. The second kappa shape index (κ2) is 4.34. The van der Waals surface area contributed by atoms with Crippen LogP contribution in [0.1, 0.15) is 18.9 Å². The van der Waals surface area contributed by atoms with Crippen LogP contribution in [0.15, 0.2) is 18.2 Å². The monoisotopic (exact) mass is 205 g/mol. The van der Waals surface area contributed by atoms with Crippen LogP contribution in [0.2, 0.25) is 0 Å². The predicted molar refractivity (Wildman–Crippen MR) is 59.4 cm³/mol. The van der Waals surface area contributed by atoms with Crippen LogP contribution < -0.4 is 10.1 Å². The summed E-state index contributed by atoms with van der Waals surface area (Å²) in [5, 5.41) is 3.33. The van der Waals surface area contributed by atoms with Crippen molar-refractivity contribution in [3.63, 3.8) is 0 Å². The van der Waals surface area contributed by atoms with E-state index in [9.17, 15) is 4.79 Å². The number of anilines is 1. The van der Waals surface area contributed by atoms with Crippen molar-refractivity contribution in [2.45, 2.75) is 25.8 Å². The van der Waals surface area contributed by atoms with Gasteiger partial charge >= 0.3 is 0 Å².